The van der Waals surface area contributed by atoms with Crippen molar-refractivity contribution in [3.8, 4) is 11.3 Å². The number of nitrogens with zero attached hydrogens (tertiary/aromatic N) is 6. The van der Waals surface area contributed by atoms with Gasteiger partial charge in [0.1, 0.15) is 5.65 Å². The Bertz CT molecular complexity index is 1340. The summed E-state index contributed by atoms with van der Waals surface area (Å²) < 4.78 is 1.92. The Labute approximate surface area is 201 Å². The number of anilines is 2. The number of H-pyrrole nitrogens is 1. The van der Waals surface area contributed by atoms with Gasteiger partial charge in [0.05, 0.1) is 52.1 Å². The topological polar surface area (TPSA) is 73.3 Å². The number of halogens is 2. The third-order valence-electron chi connectivity index (χ3n) is 5.77. The second-order valence-electron chi connectivity index (χ2n) is 8.40. The highest BCUT2D eigenvalue weighted by Gasteiger charge is 2.33. The molecule has 0 spiro atoms. The van der Waals surface area contributed by atoms with Crippen LogP contribution in [0.15, 0.2) is 42.9 Å². The zero-order chi connectivity index (χ0) is 23.3. The summed E-state index contributed by atoms with van der Waals surface area (Å²) in [6.07, 6.45) is 5.45. The van der Waals surface area contributed by atoms with Gasteiger partial charge in [0, 0.05) is 36.9 Å². The molecule has 33 heavy (non-hydrogen) atoms. The molecule has 1 aromatic carbocycles. The van der Waals surface area contributed by atoms with Crippen LogP contribution in [0.25, 0.3) is 22.3 Å². The minimum Gasteiger partial charge on any atom is -0.355 e. The zero-order valence-electron chi connectivity index (χ0n) is 18.5. The maximum absolute atomic E-state index is 13.4. The summed E-state index contributed by atoms with van der Waals surface area (Å²) >= 11 is 12.8. The first-order valence-electron chi connectivity index (χ1n) is 10.5. The Morgan fingerprint density at radius 2 is 1.91 bits per heavy atom. The number of aromatic amines is 1. The second-order valence-corrected chi connectivity index (χ2v) is 9.22. The normalized spacial score (nSPS) is 13.9. The van der Waals surface area contributed by atoms with Crippen molar-refractivity contribution in [3.05, 3.63) is 58.5 Å². The van der Waals surface area contributed by atoms with Crippen molar-refractivity contribution in [2.75, 3.05) is 44.2 Å². The first kappa shape index (κ1) is 21.8. The van der Waals surface area contributed by atoms with Crippen molar-refractivity contribution < 1.29 is 4.79 Å². The van der Waals surface area contributed by atoms with Crippen LogP contribution in [0.4, 0.5) is 11.4 Å². The quantitative estimate of drug-likeness (QED) is 0.456. The lowest BCUT2D eigenvalue weighted by Crippen LogP contribution is -2.45. The highest BCUT2D eigenvalue weighted by molar-refractivity contribution is 6.40. The molecule has 1 aliphatic heterocycles. The van der Waals surface area contributed by atoms with E-state index >= 15 is 0 Å². The van der Waals surface area contributed by atoms with Crippen LogP contribution in [0, 0.1) is 0 Å². The van der Waals surface area contributed by atoms with E-state index in [9.17, 15) is 4.79 Å². The van der Waals surface area contributed by atoms with Gasteiger partial charge < -0.3 is 14.8 Å². The molecule has 0 aliphatic carbocycles. The van der Waals surface area contributed by atoms with Crippen LogP contribution in [0.2, 0.25) is 10.0 Å². The van der Waals surface area contributed by atoms with E-state index in [0.29, 0.717) is 33.6 Å². The SMILES string of the molecule is CN(C)CCn1cc(-c2cc3c4c(cnc3[nH]2)C(=O)N(c2c(Cl)cccc2Cl)CN4C)cn1. The van der Waals surface area contributed by atoms with Gasteiger partial charge in [-0.05, 0) is 32.3 Å². The lowest BCUT2D eigenvalue weighted by molar-refractivity contribution is 0.0982. The molecule has 1 N–H and O–H groups in total. The summed E-state index contributed by atoms with van der Waals surface area (Å²) in [6.45, 7) is 2.03. The van der Waals surface area contributed by atoms with Crippen molar-refractivity contribution in [3.63, 3.8) is 0 Å². The third kappa shape index (κ3) is 3.84. The van der Waals surface area contributed by atoms with Crippen LogP contribution in [-0.2, 0) is 6.54 Å². The van der Waals surface area contributed by atoms with Crippen LogP contribution in [0.5, 0.6) is 0 Å². The number of hydrogen-bond donors (Lipinski definition) is 1. The minimum absolute atomic E-state index is 0.188. The predicted octanol–water partition coefficient (Wildman–Crippen LogP) is 4.35. The van der Waals surface area contributed by atoms with Crippen LogP contribution in [-0.4, -0.2) is 64.9 Å². The smallest absolute Gasteiger partial charge is 0.263 e. The molecule has 10 heteroatoms. The molecule has 0 unspecified atom stereocenters. The number of likely N-dealkylation sites (N-methyl/N-ethyl adjacent to an activating group) is 1. The molecule has 0 saturated heterocycles. The Morgan fingerprint density at radius 1 is 1.15 bits per heavy atom. The molecule has 8 nitrogen and oxygen atoms in total. The highest BCUT2D eigenvalue weighted by Crippen LogP contribution is 2.40. The van der Waals surface area contributed by atoms with Gasteiger partial charge in [-0.1, -0.05) is 29.3 Å². The molecule has 4 heterocycles. The van der Waals surface area contributed by atoms with E-state index in [1.807, 2.05) is 49.2 Å². The Kier molecular flexibility index (Phi) is 5.52. The van der Waals surface area contributed by atoms with Crippen LogP contribution < -0.4 is 9.80 Å². The van der Waals surface area contributed by atoms with E-state index in [4.69, 9.17) is 23.2 Å². The molecular weight excluding hydrogens is 461 g/mol. The lowest BCUT2D eigenvalue weighted by Gasteiger charge is -2.36. The molecular formula is C23H23Cl2N7O. The molecule has 4 aromatic rings. The van der Waals surface area contributed by atoms with Crippen molar-refractivity contribution in [2.45, 2.75) is 6.54 Å². The number of fused-ring (bicyclic) bond motifs is 3. The van der Waals surface area contributed by atoms with Crippen molar-refractivity contribution in [2.24, 2.45) is 0 Å². The van der Waals surface area contributed by atoms with E-state index in [0.717, 1.165) is 35.4 Å². The van der Waals surface area contributed by atoms with Crippen molar-refractivity contribution in [1.82, 2.24) is 24.6 Å². The van der Waals surface area contributed by atoms with Gasteiger partial charge >= 0.3 is 0 Å². The third-order valence-corrected chi connectivity index (χ3v) is 6.38. The van der Waals surface area contributed by atoms with Gasteiger partial charge in [-0.3, -0.25) is 14.4 Å². The molecule has 5 rings (SSSR count). The Balaban J connectivity index is 1.53. The molecule has 3 aromatic heterocycles. The largest absolute Gasteiger partial charge is 0.355 e. The number of carbonyl (C=O) groups is 1. The van der Waals surface area contributed by atoms with Gasteiger partial charge in [0.2, 0.25) is 0 Å². The van der Waals surface area contributed by atoms with Crippen LogP contribution in [0.1, 0.15) is 10.4 Å². The molecule has 0 bridgehead atoms. The maximum atomic E-state index is 13.4. The number of hydrogen-bond acceptors (Lipinski definition) is 5. The first-order chi connectivity index (χ1) is 15.8. The molecule has 0 radical (unpaired) electrons. The van der Waals surface area contributed by atoms with Crippen molar-refractivity contribution in [1.29, 1.82) is 0 Å². The summed E-state index contributed by atoms with van der Waals surface area (Å²) in [5, 5.41) is 6.20. The highest BCUT2D eigenvalue weighted by atomic mass is 35.5. The Morgan fingerprint density at radius 3 is 2.64 bits per heavy atom. The van der Waals surface area contributed by atoms with Gasteiger partial charge in [0.25, 0.3) is 5.91 Å². The average molecular weight is 484 g/mol. The number of aromatic nitrogens is 4. The van der Waals surface area contributed by atoms with E-state index in [1.54, 1.807) is 29.3 Å². The number of nitrogens with one attached hydrogen (secondary N) is 1. The number of para-hydroxylation sites is 1. The standard InChI is InChI=1S/C23H23Cl2N7O/c1-29(2)7-8-31-12-14(10-27-31)19-9-15-20-16(11-26-22(15)28-19)23(33)32(13-30(20)3)21-17(24)5-4-6-18(21)25/h4-6,9-12H,7-8,13H2,1-3H3,(H,26,28). The summed E-state index contributed by atoms with van der Waals surface area (Å²) in [6, 6.07) is 7.24. The van der Waals surface area contributed by atoms with Crippen LogP contribution in [0.3, 0.4) is 0 Å². The van der Waals surface area contributed by atoms with E-state index in [1.165, 1.54) is 0 Å². The average Bonchev–Trinajstić information content (AvgIpc) is 3.41. The Hall–Kier alpha value is -3.07. The molecule has 170 valence electrons. The molecule has 1 amide bonds. The summed E-state index contributed by atoms with van der Waals surface area (Å²) in [7, 11) is 6.01. The lowest BCUT2D eigenvalue weighted by atomic mass is 10.1. The number of amides is 1. The summed E-state index contributed by atoms with van der Waals surface area (Å²) in [5.74, 6) is -0.188. The fourth-order valence-corrected chi connectivity index (χ4v) is 4.73. The minimum atomic E-state index is -0.188. The molecule has 0 saturated carbocycles. The van der Waals surface area contributed by atoms with E-state index < -0.39 is 0 Å². The van der Waals surface area contributed by atoms with E-state index in [2.05, 4.69) is 20.0 Å². The van der Waals surface area contributed by atoms with E-state index in [-0.39, 0.29) is 5.91 Å². The summed E-state index contributed by atoms with van der Waals surface area (Å²) in [4.78, 5) is 27.1. The van der Waals surface area contributed by atoms with Crippen molar-refractivity contribution >= 4 is 51.5 Å². The van der Waals surface area contributed by atoms with Gasteiger partial charge in [-0.2, -0.15) is 5.10 Å². The first-order valence-corrected chi connectivity index (χ1v) is 11.3. The fraction of sp³-hybridized carbons (Fsp3) is 0.261. The number of pyridine rings is 1. The maximum Gasteiger partial charge on any atom is 0.263 e. The number of rotatable bonds is 5. The molecule has 0 atom stereocenters. The second kappa shape index (κ2) is 8.37. The summed E-state index contributed by atoms with van der Waals surface area (Å²) in [5.41, 5.74) is 4.41. The van der Waals surface area contributed by atoms with Gasteiger partial charge in [-0.25, -0.2) is 4.98 Å². The number of benzene rings is 1. The monoisotopic (exact) mass is 483 g/mol. The van der Waals surface area contributed by atoms with Crippen LogP contribution >= 0.6 is 23.2 Å². The molecule has 0 fully saturated rings. The predicted molar refractivity (Wildman–Crippen MR) is 132 cm³/mol. The number of carbonyl (C=O) groups excluding carboxylic acids is 1. The zero-order valence-corrected chi connectivity index (χ0v) is 20.0. The fourth-order valence-electron chi connectivity index (χ4n) is 4.12. The van der Waals surface area contributed by atoms with Gasteiger partial charge in [0.15, 0.2) is 0 Å². The molecule has 1 aliphatic rings. The van der Waals surface area contributed by atoms with Gasteiger partial charge in [-0.15, -0.1) is 0 Å².